The number of fused-ring (bicyclic) bond motifs is 1. The second kappa shape index (κ2) is 10.9. The molecule has 9 heteroatoms. The van der Waals surface area contributed by atoms with E-state index in [9.17, 15) is 13.2 Å². The highest BCUT2D eigenvalue weighted by molar-refractivity contribution is 6.21. The number of rotatable bonds is 7. The fourth-order valence-electron chi connectivity index (χ4n) is 4.40. The molecule has 0 amide bonds. The summed E-state index contributed by atoms with van der Waals surface area (Å²) in [4.78, 5) is 8.95. The third kappa shape index (κ3) is 5.30. The van der Waals surface area contributed by atoms with Crippen LogP contribution in [-0.2, 0) is 6.18 Å². The summed E-state index contributed by atoms with van der Waals surface area (Å²) in [5.74, 6) is 1.12. The van der Waals surface area contributed by atoms with Crippen LogP contribution in [0.25, 0.3) is 39.4 Å². The van der Waals surface area contributed by atoms with Crippen LogP contribution in [-0.4, -0.2) is 30.4 Å². The van der Waals surface area contributed by atoms with E-state index in [0.29, 0.717) is 16.9 Å². The van der Waals surface area contributed by atoms with Crippen LogP contribution < -0.4 is 7.58 Å². The summed E-state index contributed by atoms with van der Waals surface area (Å²) in [5.41, 5.74) is 3.32. The molecule has 40 heavy (non-hydrogen) atoms. The number of benzene rings is 4. The first kappa shape index (κ1) is 25.7. The lowest BCUT2D eigenvalue weighted by atomic mass is 10.1. The Morgan fingerprint density at radius 2 is 1.40 bits per heavy atom. The molecule has 0 fully saturated rings. The van der Waals surface area contributed by atoms with E-state index in [0.717, 1.165) is 28.9 Å². The molecule has 0 bridgehead atoms. The van der Waals surface area contributed by atoms with Crippen molar-refractivity contribution in [1.29, 1.82) is 0 Å². The van der Waals surface area contributed by atoms with Gasteiger partial charge in [-0.2, -0.15) is 13.2 Å². The van der Waals surface area contributed by atoms with E-state index < -0.39 is 27.6 Å². The molecule has 0 saturated heterocycles. The molecule has 6 rings (SSSR count). The van der Waals surface area contributed by atoms with Crippen molar-refractivity contribution in [3.63, 3.8) is 0 Å². The molecule has 0 aliphatic rings. The van der Waals surface area contributed by atoms with Gasteiger partial charge in [-0.3, -0.25) is 4.57 Å². The van der Waals surface area contributed by atoms with Crippen molar-refractivity contribution in [3.8, 4) is 39.7 Å². The summed E-state index contributed by atoms with van der Waals surface area (Å²) in [6.07, 6.45) is -2.95. The fraction of sp³-hybridized carbons (Fsp3) is 0.0323. The highest BCUT2D eigenvalue weighted by Gasteiger charge is 2.32. The highest BCUT2D eigenvalue weighted by Crippen LogP contribution is 2.39. The standard InChI is InChI=1S/C19H12F3N3O.C12H10O.Al/c20-19(21,22)12-8-9-16(26)14(11-12)18-24-17-15(7-4-10-23-17)25(18)13-5-2-1-3-6-13;13-12-8-6-11(7-9-12)10-4-2-1-3-5-10;/h1-11,26H;1-9,13H;/q;;+2/p-2. The Balaban J connectivity index is 1.34. The molecule has 4 aromatic carbocycles. The van der Waals surface area contributed by atoms with Crippen LogP contribution in [0.4, 0.5) is 13.2 Å². The molecule has 0 N–H and O–H groups in total. The molecule has 0 aliphatic carbocycles. The molecule has 0 spiro atoms. The minimum Gasteiger partial charge on any atom is -0.616 e. The molecule has 0 atom stereocenters. The maximum Gasteiger partial charge on any atom is 0.881 e. The Labute approximate surface area is 234 Å². The van der Waals surface area contributed by atoms with Crippen LogP contribution in [0.3, 0.4) is 0 Å². The third-order valence-electron chi connectivity index (χ3n) is 6.31. The first-order chi connectivity index (χ1) is 19.5. The lowest BCUT2D eigenvalue weighted by Crippen LogP contribution is -2.13. The SMILES string of the molecule is FC(F)(F)c1ccc([O][Al][O]c2ccc(-c3ccccc3)cc2)c(-c2nc3ncccc3n2-c2ccccc2)c1. The van der Waals surface area contributed by atoms with Crippen LogP contribution in [0.2, 0.25) is 0 Å². The van der Waals surface area contributed by atoms with Gasteiger partial charge in [0, 0.05) is 11.9 Å². The fourth-order valence-corrected chi connectivity index (χ4v) is 5.03. The van der Waals surface area contributed by atoms with Crippen molar-refractivity contribution < 1.29 is 20.7 Å². The van der Waals surface area contributed by atoms with Gasteiger partial charge in [0.25, 0.3) is 0 Å². The van der Waals surface area contributed by atoms with Gasteiger partial charge in [0.05, 0.1) is 28.1 Å². The zero-order valence-corrected chi connectivity index (χ0v) is 22.1. The Morgan fingerprint density at radius 1 is 0.700 bits per heavy atom. The topological polar surface area (TPSA) is 49.2 Å². The van der Waals surface area contributed by atoms with E-state index in [4.69, 9.17) is 7.58 Å². The Hall–Kier alpha value is -4.58. The van der Waals surface area contributed by atoms with Gasteiger partial charge in [0.1, 0.15) is 0 Å². The number of aromatic nitrogens is 3. The lowest BCUT2D eigenvalue weighted by molar-refractivity contribution is -0.137. The third-order valence-corrected chi connectivity index (χ3v) is 7.03. The first-order valence-corrected chi connectivity index (χ1v) is 13.3. The van der Waals surface area contributed by atoms with Gasteiger partial charge >= 0.3 is 22.1 Å². The number of para-hydroxylation sites is 1. The Morgan fingerprint density at radius 3 is 2.12 bits per heavy atom. The maximum atomic E-state index is 13.8. The molecule has 6 aromatic rings. The summed E-state index contributed by atoms with van der Waals surface area (Å²) in [5, 5.41) is 0. The predicted octanol–water partition coefficient (Wildman–Crippen LogP) is 7.77. The Bertz CT molecular complexity index is 1760. The van der Waals surface area contributed by atoms with Crippen LogP contribution in [0.5, 0.6) is 11.5 Å². The molecule has 0 saturated carbocycles. The number of hydrogen-bond donors (Lipinski definition) is 0. The molecular weight excluding hydrogens is 530 g/mol. The Kier molecular flexibility index (Phi) is 6.99. The van der Waals surface area contributed by atoms with E-state index in [1.165, 1.54) is 6.07 Å². The van der Waals surface area contributed by atoms with E-state index in [1.54, 1.807) is 16.8 Å². The van der Waals surface area contributed by atoms with Gasteiger partial charge in [-0.05, 0) is 65.7 Å². The van der Waals surface area contributed by atoms with Gasteiger partial charge in [-0.1, -0.05) is 60.7 Å². The molecule has 1 radical (unpaired) electrons. The number of nitrogens with zero attached hydrogens (tertiary/aromatic N) is 3. The summed E-state index contributed by atoms with van der Waals surface area (Å²) < 4.78 is 54.9. The minimum absolute atomic E-state index is 0.187. The molecule has 0 aliphatic heterocycles. The van der Waals surface area contributed by atoms with Gasteiger partial charge in [-0.15, -0.1) is 0 Å². The quantitative estimate of drug-likeness (QED) is 0.191. The van der Waals surface area contributed by atoms with E-state index in [-0.39, 0.29) is 17.1 Å². The predicted molar refractivity (Wildman–Crippen MR) is 148 cm³/mol. The zero-order chi connectivity index (χ0) is 27.5. The van der Waals surface area contributed by atoms with Crippen molar-refractivity contribution in [2.75, 3.05) is 0 Å². The molecule has 2 aromatic heterocycles. The van der Waals surface area contributed by atoms with Crippen molar-refractivity contribution in [2.24, 2.45) is 0 Å². The highest BCUT2D eigenvalue weighted by atomic mass is 27.2. The number of pyridine rings is 1. The second-order valence-corrected chi connectivity index (χ2v) is 9.55. The zero-order valence-electron chi connectivity index (χ0n) is 20.9. The molecular formula is C31H20AlF3N3O2. The van der Waals surface area contributed by atoms with Crippen LogP contribution in [0.1, 0.15) is 5.56 Å². The monoisotopic (exact) mass is 550 g/mol. The van der Waals surface area contributed by atoms with Crippen molar-refractivity contribution >= 4 is 27.1 Å². The van der Waals surface area contributed by atoms with Crippen LogP contribution >= 0.6 is 0 Å². The summed E-state index contributed by atoms with van der Waals surface area (Å²) in [6.45, 7) is 0. The summed E-state index contributed by atoms with van der Waals surface area (Å²) >= 11 is -1.09. The average molecular weight is 550 g/mol. The number of imidazole rings is 1. The van der Waals surface area contributed by atoms with Crippen molar-refractivity contribution in [1.82, 2.24) is 14.5 Å². The average Bonchev–Trinajstić information content (AvgIpc) is 3.37. The van der Waals surface area contributed by atoms with E-state index in [2.05, 4.69) is 9.97 Å². The number of hydrogen-bond acceptors (Lipinski definition) is 4. The van der Waals surface area contributed by atoms with Gasteiger partial charge < -0.3 is 7.58 Å². The summed E-state index contributed by atoms with van der Waals surface area (Å²) in [6, 6.07) is 33.8. The van der Waals surface area contributed by atoms with E-state index >= 15 is 0 Å². The van der Waals surface area contributed by atoms with Crippen LogP contribution in [0, 0.1) is 0 Å². The number of alkyl halides is 3. The van der Waals surface area contributed by atoms with Crippen LogP contribution in [0.15, 0.2) is 121 Å². The number of halogens is 3. The van der Waals surface area contributed by atoms with Gasteiger partial charge in [0.2, 0.25) is 0 Å². The largest absolute Gasteiger partial charge is 0.881 e. The van der Waals surface area contributed by atoms with E-state index in [1.807, 2.05) is 91.0 Å². The smallest absolute Gasteiger partial charge is 0.616 e. The first-order valence-electron chi connectivity index (χ1n) is 12.4. The second-order valence-electron chi connectivity index (χ2n) is 8.88. The summed E-state index contributed by atoms with van der Waals surface area (Å²) in [7, 11) is 0. The molecule has 5 nitrogen and oxygen atoms in total. The van der Waals surface area contributed by atoms with Gasteiger partial charge in [0.15, 0.2) is 11.5 Å². The lowest BCUT2D eigenvalue weighted by Gasteiger charge is -2.17. The maximum absolute atomic E-state index is 13.8. The van der Waals surface area contributed by atoms with Crippen molar-refractivity contribution in [3.05, 3.63) is 127 Å². The molecule has 195 valence electrons. The van der Waals surface area contributed by atoms with Crippen molar-refractivity contribution in [2.45, 2.75) is 6.18 Å². The minimum atomic E-state index is -4.54. The molecule has 2 heterocycles. The van der Waals surface area contributed by atoms with Gasteiger partial charge in [-0.25, -0.2) is 9.97 Å². The normalized spacial score (nSPS) is 11.4. The molecule has 0 unspecified atom stereocenters.